The number of hydrogen-bond acceptors (Lipinski definition) is 6. The van der Waals surface area contributed by atoms with Gasteiger partial charge >= 0.3 is 11.9 Å². The van der Waals surface area contributed by atoms with Crippen molar-refractivity contribution in [2.24, 2.45) is 5.11 Å². The van der Waals surface area contributed by atoms with Gasteiger partial charge in [-0.2, -0.15) is 13.2 Å². The van der Waals surface area contributed by atoms with Crippen molar-refractivity contribution in [1.82, 2.24) is 9.55 Å². The van der Waals surface area contributed by atoms with Crippen LogP contribution in [0.5, 0.6) is 0 Å². The number of hydrogen-bond donors (Lipinski definition) is 3. The molecule has 0 amide bonds. The maximum Gasteiger partial charge on any atom is 0.429 e. The van der Waals surface area contributed by atoms with Crippen LogP contribution in [0.2, 0.25) is 0 Å². The topological polar surface area (TPSA) is 153 Å². The van der Waals surface area contributed by atoms with Gasteiger partial charge in [-0.1, -0.05) is 5.11 Å². The van der Waals surface area contributed by atoms with Gasteiger partial charge in [-0.15, -0.1) is 0 Å². The summed E-state index contributed by atoms with van der Waals surface area (Å²) in [5, 5.41) is 21.7. The number of azide groups is 1. The van der Waals surface area contributed by atoms with E-state index in [-0.39, 0.29) is 4.57 Å². The van der Waals surface area contributed by atoms with Gasteiger partial charge in [-0.25, -0.2) is 9.18 Å². The van der Waals surface area contributed by atoms with Crippen LogP contribution in [0.3, 0.4) is 0 Å². The number of aliphatic hydroxyl groups excluding tert-OH is 2. The number of H-pyrrole nitrogens is 1. The second kappa shape index (κ2) is 5.59. The third kappa shape index (κ3) is 2.36. The molecule has 2 rings (SSSR count). The SMILES string of the molecule is [2H]c1c([2H])n([C@@H]2O[C@@](CO)(N=[N+]=[N-])C(O)[C@]2(F)C(F)(F)F)c(=O)[nH]c1=O. The highest BCUT2D eigenvalue weighted by Gasteiger charge is 2.77. The third-order valence-electron chi connectivity index (χ3n) is 3.34. The Balaban J connectivity index is 2.87. The van der Waals surface area contributed by atoms with Crippen molar-refractivity contribution in [1.29, 1.82) is 0 Å². The van der Waals surface area contributed by atoms with E-state index in [1.807, 2.05) is 0 Å². The second-order valence-electron chi connectivity index (χ2n) is 4.70. The summed E-state index contributed by atoms with van der Waals surface area (Å²) < 4.78 is 74.0. The van der Waals surface area contributed by atoms with Crippen molar-refractivity contribution in [3.8, 4) is 0 Å². The first kappa shape index (κ1) is 15.1. The fraction of sp³-hybridized carbons (Fsp3) is 0.600. The van der Waals surface area contributed by atoms with Crippen LogP contribution in [0, 0.1) is 0 Å². The van der Waals surface area contributed by atoms with Gasteiger partial charge in [0.05, 0.1) is 9.35 Å². The average Bonchev–Trinajstić information content (AvgIpc) is 2.76. The Kier molecular flexibility index (Phi) is 3.53. The summed E-state index contributed by atoms with van der Waals surface area (Å²) >= 11 is 0. The van der Waals surface area contributed by atoms with E-state index in [2.05, 4.69) is 14.8 Å². The molecule has 0 saturated carbocycles. The highest BCUT2D eigenvalue weighted by Crippen LogP contribution is 2.54. The zero-order chi connectivity index (χ0) is 20.1. The Labute approximate surface area is 131 Å². The van der Waals surface area contributed by atoms with Crippen molar-refractivity contribution in [3.63, 3.8) is 0 Å². The zero-order valence-electron chi connectivity index (χ0n) is 13.3. The van der Waals surface area contributed by atoms with E-state index in [1.165, 1.54) is 4.98 Å². The monoisotopic (exact) mass is 357 g/mol. The zero-order valence-corrected chi connectivity index (χ0v) is 11.3. The molecule has 2 heterocycles. The first-order chi connectivity index (χ1) is 11.9. The van der Waals surface area contributed by atoms with E-state index in [9.17, 15) is 37.4 Å². The molecule has 0 bridgehead atoms. The number of rotatable bonds is 3. The minimum absolute atomic E-state index is 0.384. The lowest BCUT2D eigenvalue weighted by molar-refractivity contribution is -0.274. The van der Waals surface area contributed by atoms with Crippen molar-refractivity contribution < 1.29 is 35.3 Å². The second-order valence-corrected chi connectivity index (χ2v) is 4.70. The number of halogens is 4. The molecule has 132 valence electrons. The minimum atomic E-state index is -5.94. The molecule has 1 aromatic rings. The van der Waals surface area contributed by atoms with Gasteiger partial charge in [0, 0.05) is 17.1 Å². The van der Waals surface area contributed by atoms with Crippen molar-refractivity contribution in [2.75, 3.05) is 6.61 Å². The molecule has 1 aliphatic heterocycles. The number of alkyl halides is 4. The number of aliphatic hydroxyl groups is 2. The Bertz CT molecular complexity index is 899. The molecule has 0 spiro atoms. The normalized spacial score (nSPS) is 34.4. The van der Waals surface area contributed by atoms with Gasteiger partial charge in [0.15, 0.2) is 6.23 Å². The number of nitrogens with one attached hydrogen (secondary N) is 1. The first-order valence-corrected chi connectivity index (χ1v) is 5.98. The number of nitrogens with zero attached hydrogens (tertiary/aromatic N) is 4. The van der Waals surface area contributed by atoms with E-state index in [0.717, 1.165) is 0 Å². The number of ether oxygens (including phenoxy) is 1. The van der Waals surface area contributed by atoms with Gasteiger partial charge in [0.1, 0.15) is 6.10 Å². The van der Waals surface area contributed by atoms with Crippen molar-refractivity contribution in [3.05, 3.63) is 43.5 Å². The molecule has 14 heteroatoms. The molecule has 4 atom stereocenters. The molecular formula is C10H9F4N5O5. The van der Waals surface area contributed by atoms with Crippen LogP contribution in [-0.4, -0.2) is 50.0 Å². The third-order valence-corrected chi connectivity index (χ3v) is 3.34. The average molecular weight is 357 g/mol. The van der Waals surface area contributed by atoms with Gasteiger partial charge in [0.25, 0.3) is 11.2 Å². The van der Waals surface area contributed by atoms with Crippen molar-refractivity contribution >= 4 is 0 Å². The molecule has 0 aromatic carbocycles. The van der Waals surface area contributed by atoms with Gasteiger partial charge in [-0.05, 0) is 5.53 Å². The maximum atomic E-state index is 15.0. The quantitative estimate of drug-likeness (QED) is 0.293. The fourth-order valence-electron chi connectivity index (χ4n) is 2.17. The summed E-state index contributed by atoms with van der Waals surface area (Å²) in [5.41, 5.74) is -2.79. The lowest BCUT2D eigenvalue weighted by atomic mass is 9.92. The maximum absolute atomic E-state index is 15.0. The highest BCUT2D eigenvalue weighted by molar-refractivity contribution is 5.13. The summed E-state index contributed by atoms with van der Waals surface area (Å²) in [6.45, 7) is -1.62. The summed E-state index contributed by atoms with van der Waals surface area (Å²) in [4.78, 5) is 26.5. The molecule has 0 aliphatic carbocycles. The Morgan fingerprint density at radius 2 is 2.21 bits per heavy atom. The molecule has 24 heavy (non-hydrogen) atoms. The fourth-order valence-corrected chi connectivity index (χ4v) is 2.17. The number of aromatic nitrogens is 2. The molecule has 1 aliphatic rings. The lowest BCUT2D eigenvalue weighted by Crippen LogP contribution is -2.57. The van der Waals surface area contributed by atoms with Crippen LogP contribution < -0.4 is 11.2 Å². The standard InChI is InChI=1S/C10H9F4N5O5/c11-9(10(12,13)14)5(22)8(3-20,17-18-15)24-6(9)19-2-1-4(21)16-7(19)23/h1-2,5-6,20,22H,3H2,(H,16,21,23)/t5?,6-,8-,9-/m1/s1/i1D,2D. The van der Waals surface area contributed by atoms with Crippen LogP contribution in [0.25, 0.3) is 10.4 Å². The first-order valence-electron chi connectivity index (χ1n) is 6.98. The largest absolute Gasteiger partial charge is 0.429 e. The predicted molar refractivity (Wildman–Crippen MR) is 66.3 cm³/mol. The predicted octanol–water partition coefficient (Wildman–Crippen LogP) is -0.304. The van der Waals surface area contributed by atoms with E-state index in [0.29, 0.717) is 0 Å². The molecule has 1 fully saturated rings. The summed E-state index contributed by atoms with van der Waals surface area (Å²) in [7, 11) is 0. The van der Waals surface area contributed by atoms with E-state index < -0.39 is 60.0 Å². The molecular weight excluding hydrogens is 346 g/mol. The number of aromatic amines is 1. The highest BCUT2D eigenvalue weighted by atomic mass is 19.4. The van der Waals surface area contributed by atoms with Crippen LogP contribution in [0.15, 0.2) is 26.9 Å². The minimum Gasteiger partial charge on any atom is -0.393 e. The summed E-state index contributed by atoms with van der Waals surface area (Å²) in [6, 6.07) is -1.29. The van der Waals surface area contributed by atoms with Crippen LogP contribution >= 0.6 is 0 Å². The van der Waals surface area contributed by atoms with Crippen molar-refractivity contribution in [2.45, 2.75) is 29.9 Å². The molecule has 0 radical (unpaired) electrons. The lowest BCUT2D eigenvalue weighted by Gasteiger charge is -2.31. The smallest absolute Gasteiger partial charge is 0.393 e. The molecule has 1 unspecified atom stereocenters. The molecule has 1 aromatic heterocycles. The summed E-state index contributed by atoms with van der Waals surface area (Å²) in [5.74, 6) is 0. The molecule has 3 N–H and O–H groups in total. The van der Waals surface area contributed by atoms with E-state index >= 15 is 0 Å². The van der Waals surface area contributed by atoms with Crippen LogP contribution in [0.1, 0.15) is 8.97 Å². The Morgan fingerprint density at radius 1 is 1.58 bits per heavy atom. The van der Waals surface area contributed by atoms with Gasteiger partial charge < -0.3 is 14.9 Å². The van der Waals surface area contributed by atoms with E-state index in [4.69, 9.17) is 8.27 Å². The van der Waals surface area contributed by atoms with E-state index in [1.54, 1.807) is 0 Å². The Hall–Kier alpha value is -2.41. The molecule has 10 nitrogen and oxygen atoms in total. The summed E-state index contributed by atoms with van der Waals surface area (Å²) in [6.07, 6.45) is -13.9. The molecule has 1 saturated heterocycles. The van der Waals surface area contributed by atoms with Gasteiger partial charge in [-0.3, -0.25) is 14.3 Å². The van der Waals surface area contributed by atoms with Crippen LogP contribution in [0.4, 0.5) is 17.6 Å². The van der Waals surface area contributed by atoms with Gasteiger partial charge in [0.2, 0.25) is 5.72 Å². The van der Waals surface area contributed by atoms with Crippen LogP contribution in [-0.2, 0) is 4.74 Å². The Morgan fingerprint density at radius 3 is 2.71 bits per heavy atom.